The minimum atomic E-state index is -4.84. The summed E-state index contributed by atoms with van der Waals surface area (Å²) < 4.78 is 39.4. The number of hydrogen-bond acceptors (Lipinski definition) is 4. The van der Waals surface area contributed by atoms with Gasteiger partial charge in [-0.15, -0.1) is 13.2 Å². The van der Waals surface area contributed by atoms with E-state index >= 15 is 0 Å². The topological polar surface area (TPSA) is 69.9 Å². The van der Waals surface area contributed by atoms with Crippen LogP contribution in [0.4, 0.5) is 13.2 Å². The molecule has 0 aromatic heterocycles. The Kier molecular flexibility index (Phi) is 4.80. The van der Waals surface area contributed by atoms with Gasteiger partial charge in [0.25, 0.3) is 0 Å². The Morgan fingerprint density at radius 3 is 2.33 bits per heavy atom. The molecule has 1 aromatic carbocycles. The van der Waals surface area contributed by atoms with Crippen molar-refractivity contribution in [3.63, 3.8) is 0 Å². The number of aliphatic hydroxyl groups excluding tert-OH is 3. The molecule has 0 radical (unpaired) electrons. The van der Waals surface area contributed by atoms with Gasteiger partial charge in [-0.1, -0.05) is 17.7 Å². The minimum absolute atomic E-state index is 0.00672. The third kappa shape index (κ3) is 4.02. The fourth-order valence-electron chi connectivity index (χ4n) is 1.25. The van der Waals surface area contributed by atoms with E-state index < -0.39 is 30.9 Å². The third-order valence-corrected chi connectivity index (χ3v) is 2.40. The van der Waals surface area contributed by atoms with Crippen molar-refractivity contribution < 1.29 is 33.2 Å². The lowest BCUT2D eigenvalue weighted by molar-refractivity contribution is -0.274. The Balaban J connectivity index is 2.92. The second kappa shape index (κ2) is 5.75. The number of aliphatic hydroxyl groups is 3. The van der Waals surface area contributed by atoms with Crippen LogP contribution in [-0.4, -0.2) is 34.4 Å². The van der Waals surface area contributed by atoms with E-state index in [1.165, 1.54) is 0 Å². The van der Waals surface area contributed by atoms with Gasteiger partial charge >= 0.3 is 6.36 Å². The van der Waals surface area contributed by atoms with Gasteiger partial charge in [0.1, 0.15) is 18.0 Å². The van der Waals surface area contributed by atoms with E-state index in [4.69, 9.17) is 16.7 Å². The molecule has 0 amide bonds. The quantitative estimate of drug-likeness (QED) is 0.787. The number of halogens is 4. The first-order valence-electron chi connectivity index (χ1n) is 4.77. The van der Waals surface area contributed by atoms with Crippen LogP contribution in [0.25, 0.3) is 0 Å². The van der Waals surface area contributed by atoms with Crippen LogP contribution in [0.15, 0.2) is 18.2 Å². The van der Waals surface area contributed by atoms with E-state index in [1.54, 1.807) is 0 Å². The average molecular weight is 287 g/mol. The Labute approximate surface area is 105 Å². The monoisotopic (exact) mass is 286 g/mol. The molecule has 8 heteroatoms. The van der Waals surface area contributed by atoms with Crippen LogP contribution in [0.2, 0.25) is 5.02 Å². The van der Waals surface area contributed by atoms with E-state index in [0.29, 0.717) is 0 Å². The van der Waals surface area contributed by atoms with Crippen LogP contribution in [0, 0.1) is 0 Å². The number of rotatable bonds is 4. The lowest BCUT2D eigenvalue weighted by Crippen LogP contribution is -2.22. The lowest BCUT2D eigenvalue weighted by atomic mass is 10.0. The summed E-state index contributed by atoms with van der Waals surface area (Å²) in [4.78, 5) is 0. The highest BCUT2D eigenvalue weighted by Gasteiger charge is 2.31. The van der Waals surface area contributed by atoms with E-state index in [-0.39, 0.29) is 10.6 Å². The molecule has 2 atom stereocenters. The average Bonchev–Trinajstić information content (AvgIpc) is 2.25. The maximum absolute atomic E-state index is 11.9. The molecule has 2 unspecified atom stereocenters. The van der Waals surface area contributed by atoms with Crippen molar-refractivity contribution in [1.82, 2.24) is 0 Å². The van der Waals surface area contributed by atoms with Crippen molar-refractivity contribution in [3.05, 3.63) is 28.8 Å². The summed E-state index contributed by atoms with van der Waals surface area (Å²) in [5.74, 6) is -0.540. The molecule has 102 valence electrons. The van der Waals surface area contributed by atoms with Gasteiger partial charge in [-0.3, -0.25) is 0 Å². The van der Waals surface area contributed by atoms with Gasteiger partial charge in [-0.05, 0) is 12.1 Å². The molecule has 0 spiro atoms. The van der Waals surface area contributed by atoms with Crippen molar-refractivity contribution in [2.75, 3.05) is 6.61 Å². The first kappa shape index (κ1) is 15.0. The Hall–Kier alpha value is -1.02. The smallest absolute Gasteiger partial charge is 0.406 e. The van der Waals surface area contributed by atoms with Gasteiger partial charge < -0.3 is 20.1 Å². The van der Waals surface area contributed by atoms with Crippen LogP contribution in [-0.2, 0) is 0 Å². The third-order valence-electron chi connectivity index (χ3n) is 2.08. The summed E-state index contributed by atoms with van der Waals surface area (Å²) in [5.41, 5.74) is -0.00672. The van der Waals surface area contributed by atoms with E-state index in [1.807, 2.05) is 0 Å². The molecule has 3 N–H and O–H groups in total. The molecule has 18 heavy (non-hydrogen) atoms. The van der Waals surface area contributed by atoms with Gasteiger partial charge in [-0.25, -0.2) is 0 Å². The molecular weight excluding hydrogens is 277 g/mol. The molecule has 1 rings (SSSR count). The van der Waals surface area contributed by atoms with Crippen LogP contribution >= 0.6 is 11.6 Å². The summed E-state index contributed by atoms with van der Waals surface area (Å²) in [6.45, 7) is -0.710. The summed E-state index contributed by atoms with van der Waals surface area (Å²) >= 11 is 5.65. The predicted octanol–water partition coefficient (Wildman–Crippen LogP) is 1.63. The zero-order valence-corrected chi connectivity index (χ0v) is 9.61. The van der Waals surface area contributed by atoms with Crippen molar-refractivity contribution in [2.24, 2.45) is 0 Å². The van der Waals surface area contributed by atoms with Crippen molar-refractivity contribution in [1.29, 1.82) is 0 Å². The summed E-state index contributed by atoms with van der Waals surface area (Å²) in [6, 6.07) is 2.88. The highest BCUT2D eigenvalue weighted by molar-refractivity contribution is 6.31. The van der Waals surface area contributed by atoms with Crippen molar-refractivity contribution in [2.45, 2.75) is 18.6 Å². The highest BCUT2D eigenvalue weighted by Crippen LogP contribution is 2.31. The van der Waals surface area contributed by atoms with Gasteiger partial charge in [0.2, 0.25) is 0 Å². The van der Waals surface area contributed by atoms with Gasteiger partial charge in [0, 0.05) is 5.56 Å². The SMILES string of the molecule is OCC(O)C(O)c1ccc(OC(F)(F)F)cc1Cl. The first-order valence-corrected chi connectivity index (χ1v) is 5.14. The maximum atomic E-state index is 11.9. The standard InChI is InChI=1S/C10H10ClF3O4/c11-7-3-5(18-10(12,13)14)1-2-6(7)9(17)8(16)4-15/h1-3,8-9,15-17H,4H2. The summed E-state index contributed by atoms with van der Waals surface area (Å²) in [5, 5.41) is 27.2. The maximum Gasteiger partial charge on any atom is 0.573 e. The number of alkyl halides is 3. The van der Waals surface area contributed by atoms with Crippen LogP contribution < -0.4 is 4.74 Å². The van der Waals surface area contributed by atoms with E-state index in [9.17, 15) is 23.4 Å². The molecular formula is C10H10ClF3O4. The van der Waals surface area contributed by atoms with Crippen LogP contribution in [0.3, 0.4) is 0 Å². The summed E-state index contributed by atoms with van der Waals surface area (Å²) in [7, 11) is 0. The predicted molar refractivity (Wildman–Crippen MR) is 56.2 cm³/mol. The second-order valence-corrected chi connectivity index (χ2v) is 3.83. The Morgan fingerprint density at radius 2 is 1.89 bits per heavy atom. The minimum Gasteiger partial charge on any atom is -0.406 e. The van der Waals surface area contributed by atoms with E-state index in [2.05, 4.69) is 4.74 Å². The lowest BCUT2D eigenvalue weighted by Gasteiger charge is -2.18. The molecule has 0 aliphatic heterocycles. The van der Waals surface area contributed by atoms with Gasteiger partial charge in [-0.2, -0.15) is 0 Å². The van der Waals surface area contributed by atoms with Crippen molar-refractivity contribution >= 4 is 11.6 Å². The molecule has 0 aliphatic rings. The largest absolute Gasteiger partial charge is 0.573 e. The van der Waals surface area contributed by atoms with Gasteiger partial charge in [0.15, 0.2) is 0 Å². The van der Waals surface area contributed by atoms with Crippen molar-refractivity contribution in [3.8, 4) is 5.75 Å². The fourth-order valence-corrected chi connectivity index (χ4v) is 1.53. The Morgan fingerprint density at radius 1 is 1.28 bits per heavy atom. The van der Waals surface area contributed by atoms with Gasteiger partial charge in [0.05, 0.1) is 11.6 Å². The molecule has 0 saturated heterocycles. The molecule has 0 bridgehead atoms. The van der Waals surface area contributed by atoms with Crippen LogP contribution in [0.5, 0.6) is 5.75 Å². The zero-order chi connectivity index (χ0) is 13.9. The zero-order valence-electron chi connectivity index (χ0n) is 8.86. The molecule has 4 nitrogen and oxygen atoms in total. The molecule has 0 saturated carbocycles. The number of benzene rings is 1. The molecule has 1 aromatic rings. The second-order valence-electron chi connectivity index (χ2n) is 3.43. The summed E-state index contributed by atoms with van der Waals surface area (Å²) in [6.07, 6.45) is -7.81. The Bertz CT molecular complexity index is 411. The first-order chi connectivity index (χ1) is 8.24. The number of hydrogen-bond donors (Lipinski definition) is 3. The van der Waals surface area contributed by atoms with E-state index in [0.717, 1.165) is 18.2 Å². The number of ether oxygens (including phenoxy) is 1. The molecule has 0 aliphatic carbocycles. The normalized spacial score (nSPS) is 15.3. The molecule has 0 heterocycles. The molecule has 0 fully saturated rings. The van der Waals surface area contributed by atoms with Crippen LogP contribution in [0.1, 0.15) is 11.7 Å². The fraction of sp³-hybridized carbons (Fsp3) is 0.400. The highest BCUT2D eigenvalue weighted by atomic mass is 35.5.